The molecule has 5 heteroatoms. The summed E-state index contributed by atoms with van der Waals surface area (Å²) in [5.41, 5.74) is 1.15. The number of rotatable bonds is 4. The number of benzene rings is 2. The second-order valence-electron chi connectivity index (χ2n) is 4.45. The highest BCUT2D eigenvalue weighted by Crippen LogP contribution is 2.34. The quantitative estimate of drug-likeness (QED) is 0.938. The molecule has 0 spiro atoms. The zero-order chi connectivity index (χ0) is 14.7. The number of carbonyl (C=O) groups excluding carboxylic acids is 1. The number of nitrogens with one attached hydrogen (secondary N) is 1. The van der Waals surface area contributed by atoms with Crippen molar-refractivity contribution in [3.8, 4) is 17.2 Å². The Labute approximate surface area is 122 Å². The van der Waals surface area contributed by atoms with Gasteiger partial charge in [-0.2, -0.15) is 0 Å². The van der Waals surface area contributed by atoms with Crippen LogP contribution < -0.4 is 19.5 Å². The summed E-state index contributed by atoms with van der Waals surface area (Å²) in [7, 11) is 0. The second-order valence-corrected chi connectivity index (χ2v) is 4.45. The predicted octanol–water partition coefficient (Wildman–Crippen LogP) is 3.07. The molecule has 2 aromatic rings. The lowest BCUT2D eigenvalue weighted by Crippen LogP contribution is -2.13. The number of fused-ring (bicyclic) bond motifs is 1. The van der Waals surface area contributed by atoms with E-state index in [1.165, 1.54) is 0 Å². The van der Waals surface area contributed by atoms with Gasteiger partial charge >= 0.3 is 0 Å². The van der Waals surface area contributed by atoms with Gasteiger partial charge in [-0.15, -0.1) is 0 Å². The highest BCUT2D eigenvalue weighted by molar-refractivity contribution is 6.06. The van der Waals surface area contributed by atoms with E-state index in [1.54, 1.807) is 36.4 Å². The molecule has 5 nitrogen and oxygen atoms in total. The van der Waals surface area contributed by atoms with Crippen LogP contribution in [0.3, 0.4) is 0 Å². The molecule has 108 valence electrons. The van der Waals surface area contributed by atoms with E-state index < -0.39 is 0 Å². The van der Waals surface area contributed by atoms with E-state index in [2.05, 4.69) is 5.32 Å². The summed E-state index contributed by atoms with van der Waals surface area (Å²) in [6.07, 6.45) is 0. The SMILES string of the molecule is CCOc1ccccc1C(=O)Nc1ccc2c(c1)OCO2. The summed E-state index contributed by atoms with van der Waals surface area (Å²) >= 11 is 0. The van der Waals surface area contributed by atoms with Crippen molar-refractivity contribution in [1.29, 1.82) is 0 Å². The Hall–Kier alpha value is -2.69. The topological polar surface area (TPSA) is 56.8 Å². The summed E-state index contributed by atoms with van der Waals surface area (Å²) in [5.74, 6) is 1.66. The van der Waals surface area contributed by atoms with Crippen LogP contribution in [0.2, 0.25) is 0 Å². The number of para-hydroxylation sites is 1. The van der Waals surface area contributed by atoms with Crippen molar-refractivity contribution in [2.24, 2.45) is 0 Å². The molecule has 1 heterocycles. The van der Waals surface area contributed by atoms with Gasteiger partial charge in [0.25, 0.3) is 5.91 Å². The van der Waals surface area contributed by atoms with E-state index in [4.69, 9.17) is 14.2 Å². The summed E-state index contributed by atoms with van der Waals surface area (Å²) in [6, 6.07) is 12.4. The fourth-order valence-corrected chi connectivity index (χ4v) is 2.11. The van der Waals surface area contributed by atoms with Crippen LogP contribution >= 0.6 is 0 Å². The third-order valence-corrected chi connectivity index (χ3v) is 3.06. The first-order valence-electron chi connectivity index (χ1n) is 6.71. The molecular weight excluding hydrogens is 270 g/mol. The van der Waals surface area contributed by atoms with Crippen LogP contribution in [-0.2, 0) is 0 Å². The molecule has 0 radical (unpaired) electrons. The van der Waals surface area contributed by atoms with Crippen molar-refractivity contribution in [3.63, 3.8) is 0 Å². The van der Waals surface area contributed by atoms with Gasteiger partial charge in [-0.1, -0.05) is 12.1 Å². The largest absolute Gasteiger partial charge is 0.493 e. The molecule has 0 fully saturated rings. The monoisotopic (exact) mass is 285 g/mol. The molecule has 1 N–H and O–H groups in total. The van der Waals surface area contributed by atoms with Gasteiger partial charge < -0.3 is 19.5 Å². The van der Waals surface area contributed by atoms with Gasteiger partial charge in [0.1, 0.15) is 5.75 Å². The van der Waals surface area contributed by atoms with Crippen LogP contribution in [0.5, 0.6) is 17.2 Å². The third-order valence-electron chi connectivity index (χ3n) is 3.06. The summed E-state index contributed by atoms with van der Waals surface area (Å²) in [6.45, 7) is 2.60. The van der Waals surface area contributed by atoms with E-state index in [0.29, 0.717) is 35.1 Å². The Bertz CT molecular complexity index is 669. The van der Waals surface area contributed by atoms with Crippen molar-refractivity contribution in [1.82, 2.24) is 0 Å². The Kier molecular flexibility index (Phi) is 3.64. The fourth-order valence-electron chi connectivity index (χ4n) is 2.11. The van der Waals surface area contributed by atoms with Crippen molar-refractivity contribution in [2.75, 3.05) is 18.7 Å². The Balaban J connectivity index is 1.80. The summed E-state index contributed by atoms with van der Waals surface area (Å²) in [5, 5.41) is 2.83. The standard InChI is InChI=1S/C16H15NO4/c1-2-19-13-6-4-3-5-12(13)16(18)17-11-7-8-14-15(9-11)21-10-20-14/h3-9H,2,10H2,1H3,(H,17,18). The minimum atomic E-state index is -0.224. The molecule has 2 aromatic carbocycles. The maximum Gasteiger partial charge on any atom is 0.259 e. The highest BCUT2D eigenvalue weighted by atomic mass is 16.7. The third kappa shape index (κ3) is 2.76. The lowest BCUT2D eigenvalue weighted by molar-refractivity contribution is 0.102. The fraction of sp³-hybridized carbons (Fsp3) is 0.188. The molecule has 0 atom stereocenters. The molecule has 0 bridgehead atoms. The highest BCUT2D eigenvalue weighted by Gasteiger charge is 2.16. The van der Waals surface area contributed by atoms with Crippen LogP contribution in [0, 0.1) is 0 Å². The maximum absolute atomic E-state index is 12.3. The van der Waals surface area contributed by atoms with Crippen LogP contribution in [0.1, 0.15) is 17.3 Å². The average Bonchev–Trinajstić information content (AvgIpc) is 2.95. The molecule has 3 rings (SSSR count). The smallest absolute Gasteiger partial charge is 0.259 e. The second kappa shape index (κ2) is 5.75. The minimum Gasteiger partial charge on any atom is -0.493 e. The van der Waals surface area contributed by atoms with Gasteiger partial charge in [-0.05, 0) is 31.2 Å². The van der Waals surface area contributed by atoms with Gasteiger partial charge in [-0.3, -0.25) is 4.79 Å². The molecule has 0 aromatic heterocycles. The van der Waals surface area contributed by atoms with Gasteiger partial charge in [0.05, 0.1) is 12.2 Å². The Morgan fingerprint density at radius 1 is 1.19 bits per heavy atom. The Morgan fingerprint density at radius 2 is 2.00 bits per heavy atom. The molecular formula is C16H15NO4. The van der Waals surface area contributed by atoms with E-state index in [-0.39, 0.29) is 12.7 Å². The zero-order valence-corrected chi connectivity index (χ0v) is 11.6. The first-order valence-corrected chi connectivity index (χ1v) is 6.71. The minimum absolute atomic E-state index is 0.208. The van der Waals surface area contributed by atoms with Gasteiger partial charge in [0.15, 0.2) is 11.5 Å². The molecule has 21 heavy (non-hydrogen) atoms. The molecule has 0 aliphatic carbocycles. The lowest BCUT2D eigenvalue weighted by atomic mass is 10.2. The van der Waals surface area contributed by atoms with Crippen LogP contribution in [0.25, 0.3) is 0 Å². The van der Waals surface area contributed by atoms with E-state index >= 15 is 0 Å². The molecule has 0 saturated carbocycles. The normalized spacial score (nSPS) is 12.0. The van der Waals surface area contributed by atoms with Crippen molar-refractivity contribution >= 4 is 11.6 Å². The first kappa shape index (κ1) is 13.3. The van der Waals surface area contributed by atoms with Gasteiger partial charge in [0.2, 0.25) is 6.79 Å². The number of anilines is 1. The lowest BCUT2D eigenvalue weighted by Gasteiger charge is -2.10. The number of ether oxygens (including phenoxy) is 3. The zero-order valence-electron chi connectivity index (χ0n) is 11.6. The van der Waals surface area contributed by atoms with E-state index in [0.717, 1.165) is 0 Å². The maximum atomic E-state index is 12.3. The van der Waals surface area contributed by atoms with E-state index in [1.807, 2.05) is 13.0 Å². The van der Waals surface area contributed by atoms with Crippen LogP contribution in [-0.4, -0.2) is 19.3 Å². The summed E-state index contributed by atoms with van der Waals surface area (Å²) < 4.78 is 16.0. The number of carbonyl (C=O) groups is 1. The molecule has 1 aliphatic rings. The van der Waals surface area contributed by atoms with Gasteiger partial charge in [-0.25, -0.2) is 0 Å². The van der Waals surface area contributed by atoms with Crippen molar-refractivity contribution in [2.45, 2.75) is 6.92 Å². The average molecular weight is 285 g/mol. The number of amides is 1. The van der Waals surface area contributed by atoms with Crippen LogP contribution in [0.15, 0.2) is 42.5 Å². The number of hydrogen-bond acceptors (Lipinski definition) is 4. The Morgan fingerprint density at radius 3 is 2.86 bits per heavy atom. The first-order chi connectivity index (χ1) is 10.3. The molecule has 1 aliphatic heterocycles. The predicted molar refractivity (Wildman–Crippen MR) is 78.1 cm³/mol. The van der Waals surface area contributed by atoms with Gasteiger partial charge in [0, 0.05) is 11.8 Å². The van der Waals surface area contributed by atoms with Crippen molar-refractivity contribution < 1.29 is 19.0 Å². The number of hydrogen-bond donors (Lipinski definition) is 1. The van der Waals surface area contributed by atoms with Crippen LogP contribution in [0.4, 0.5) is 5.69 Å². The molecule has 1 amide bonds. The van der Waals surface area contributed by atoms with E-state index in [9.17, 15) is 4.79 Å². The summed E-state index contributed by atoms with van der Waals surface area (Å²) in [4.78, 5) is 12.3. The molecule has 0 saturated heterocycles. The molecule has 0 unspecified atom stereocenters. The van der Waals surface area contributed by atoms with Crippen molar-refractivity contribution in [3.05, 3.63) is 48.0 Å².